The van der Waals surface area contributed by atoms with Crippen LogP contribution in [0.3, 0.4) is 0 Å². The third kappa shape index (κ3) is 2.95. The topological polar surface area (TPSA) is 75.3 Å². The summed E-state index contributed by atoms with van der Waals surface area (Å²) in [5.74, 6) is -0.406. The van der Waals surface area contributed by atoms with E-state index in [9.17, 15) is 14.4 Å². The van der Waals surface area contributed by atoms with Gasteiger partial charge in [0.1, 0.15) is 6.29 Å². The molecule has 2 saturated heterocycles. The number of carbonyl (C=O) groups excluding carboxylic acids is 3. The van der Waals surface area contributed by atoms with Crippen LogP contribution in [-0.4, -0.2) is 31.2 Å². The Kier molecular flexibility index (Phi) is 4.34. The summed E-state index contributed by atoms with van der Waals surface area (Å²) in [5.41, 5.74) is 2.06. The zero-order chi connectivity index (χ0) is 15.5. The third-order valence-electron chi connectivity index (χ3n) is 4.72. The van der Waals surface area contributed by atoms with Gasteiger partial charge in [-0.15, -0.1) is 0 Å². The lowest BCUT2D eigenvalue weighted by atomic mass is 9.81. The molecule has 2 aliphatic heterocycles. The molecule has 0 radical (unpaired) electrons. The lowest BCUT2D eigenvalue weighted by Crippen LogP contribution is -2.39. The standard InChI is InChI=1S/C17H20N2O3/c20-10-13-7-8-18-9-15(13)12-3-1-11(2-4-12)14-5-6-16(21)19-17(14)22/h1-4,10,13-15,18H,5-9H2,(H,19,21,22). The molecule has 1 aromatic rings. The Labute approximate surface area is 129 Å². The molecule has 0 aliphatic carbocycles. The molecular weight excluding hydrogens is 280 g/mol. The van der Waals surface area contributed by atoms with Gasteiger partial charge in [-0.1, -0.05) is 24.3 Å². The van der Waals surface area contributed by atoms with Gasteiger partial charge in [-0.05, 0) is 30.5 Å². The molecule has 0 bridgehead atoms. The van der Waals surface area contributed by atoms with Crippen molar-refractivity contribution in [3.05, 3.63) is 35.4 Å². The molecular formula is C17H20N2O3. The van der Waals surface area contributed by atoms with Crippen molar-refractivity contribution >= 4 is 18.1 Å². The Hall–Kier alpha value is -2.01. The van der Waals surface area contributed by atoms with Crippen LogP contribution in [0, 0.1) is 5.92 Å². The van der Waals surface area contributed by atoms with Crippen LogP contribution in [0.15, 0.2) is 24.3 Å². The highest BCUT2D eigenvalue weighted by Gasteiger charge is 2.29. The Morgan fingerprint density at radius 3 is 2.45 bits per heavy atom. The van der Waals surface area contributed by atoms with Crippen molar-refractivity contribution in [2.24, 2.45) is 5.92 Å². The zero-order valence-corrected chi connectivity index (χ0v) is 12.4. The maximum absolute atomic E-state index is 11.9. The second-order valence-corrected chi connectivity index (χ2v) is 6.07. The molecule has 116 valence electrons. The Bertz CT molecular complexity index is 582. The summed E-state index contributed by atoms with van der Waals surface area (Å²) in [5, 5.41) is 5.71. The molecule has 3 unspecified atom stereocenters. The first-order chi connectivity index (χ1) is 10.7. The Morgan fingerprint density at radius 2 is 1.77 bits per heavy atom. The number of piperidine rings is 2. The van der Waals surface area contributed by atoms with Crippen molar-refractivity contribution in [2.75, 3.05) is 13.1 Å². The van der Waals surface area contributed by atoms with Crippen LogP contribution in [0.1, 0.15) is 42.2 Å². The summed E-state index contributed by atoms with van der Waals surface area (Å²) in [6.07, 6.45) is 2.87. The fourth-order valence-electron chi connectivity index (χ4n) is 3.39. The number of carbonyl (C=O) groups is 3. The van der Waals surface area contributed by atoms with Crippen LogP contribution >= 0.6 is 0 Å². The van der Waals surface area contributed by atoms with E-state index in [2.05, 4.69) is 10.6 Å². The highest BCUT2D eigenvalue weighted by molar-refractivity contribution is 6.00. The van der Waals surface area contributed by atoms with E-state index < -0.39 is 0 Å². The number of hydrogen-bond donors (Lipinski definition) is 2. The summed E-state index contributed by atoms with van der Waals surface area (Å²) in [6.45, 7) is 1.69. The largest absolute Gasteiger partial charge is 0.316 e. The molecule has 1 aromatic carbocycles. The van der Waals surface area contributed by atoms with E-state index in [1.807, 2.05) is 24.3 Å². The van der Waals surface area contributed by atoms with E-state index in [4.69, 9.17) is 0 Å². The first-order valence-electron chi connectivity index (χ1n) is 7.78. The number of benzene rings is 1. The van der Waals surface area contributed by atoms with Gasteiger partial charge in [0.05, 0.1) is 5.92 Å². The van der Waals surface area contributed by atoms with Gasteiger partial charge in [0, 0.05) is 24.8 Å². The Balaban J connectivity index is 1.76. The van der Waals surface area contributed by atoms with Crippen LogP contribution < -0.4 is 10.6 Å². The van der Waals surface area contributed by atoms with Gasteiger partial charge in [0.15, 0.2) is 0 Å². The van der Waals surface area contributed by atoms with Gasteiger partial charge in [0.25, 0.3) is 0 Å². The number of aldehydes is 1. The van der Waals surface area contributed by atoms with Gasteiger partial charge in [-0.25, -0.2) is 0 Å². The van der Waals surface area contributed by atoms with Crippen molar-refractivity contribution in [1.82, 2.24) is 10.6 Å². The SMILES string of the molecule is O=CC1CCNCC1c1ccc(C2CCC(=O)NC2=O)cc1. The number of rotatable bonds is 3. The molecule has 22 heavy (non-hydrogen) atoms. The smallest absolute Gasteiger partial charge is 0.234 e. The number of imide groups is 1. The van der Waals surface area contributed by atoms with E-state index in [1.165, 1.54) is 0 Å². The van der Waals surface area contributed by atoms with E-state index in [1.54, 1.807) is 0 Å². The molecule has 5 nitrogen and oxygen atoms in total. The van der Waals surface area contributed by atoms with E-state index in [0.717, 1.165) is 36.9 Å². The van der Waals surface area contributed by atoms with Crippen molar-refractivity contribution in [2.45, 2.75) is 31.1 Å². The van der Waals surface area contributed by atoms with E-state index in [0.29, 0.717) is 12.8 Å². The first-order valence-corrected chi connectivity index (χ1v) is 7.78. The molecule has 3 atom stereocenters. The molecule has 2 aliphatic rings. The third-order valence-corrected chi connectivity index (χ3v) is 4.72. The quantitative estimate of drug-likeness (QED) is 0.647. The predicted molar refractivity (Wildman–Crippen MR) is 81.3 cm³/mol. The molecule has 3 rings (SSSR count). The molecule has 0 aromatic heterocycles. The lowest BCUT2D eigenvalue weighted by molar-refractivity contribution is -0.134. The number of amides is 2. The minimum absolute atomic E-state index is 0.0581. The molecule has 2 heterocycles. The predicted octanol–water partition coefficient (Wildman–Crippen LogP) is 1.10. The molecule has 0 spiro atoms. The first kappa shape index (κ1) is 14.9. The highest BCUT2D eigenvalue weighted by atomic mass is 16.2. The summed E-state index contributed by atoms with van der Waals surface area (Å²) < 4.78 is 0. The van der Waals surface area contributed by atoms with Crippen LogP contribution in [-0.2, 0) is 14.4 Å². The van der Waals surface area contributed by atoms with Crippen molar-refractivity contribution in [3.8, 4) is 0 Å². The van der Waals surface area contributed by atoms with Crippen LogP contribution in [0.2, 0.25) is 0 Å². The molecule has 5 heteroatoms. The zero-order valence-electron chi connectivity index (χ0n) is 12.4. The monoisotopic (exact) mass is 300 g/mol. The average molecular weight is 300 g/mol. The maximum Gasteiger partial charge on any atom is 0.234 e. The molecule has 2 amide bonds. The van der Waals surface area contributed by atoms with Gasteiger partial charge >= 0.3 is 0 Å². The number of hydrogen-bond acceptors (Lipinski definition) is 4. The summed E-state index contributed by atoms with van der Waals surface area (Å²) >= 11 is 0. The molecule has 2 N–H and O–H groups in total. The van der Waals surface area contributed by atoms with E-state index in [-0.39, 0.29) is 29.6 Å². The second-order valence-electron chi connectivity index (χ2n) is 6.07. The minimum Gasteiger partial charge on any atom is -0.316 e. The summed E-state index contributed by atoms with van der Waals surface area (Å²) in [4.78, 5) is 34.3. The Morgan fingerprint density at radius 1 is 1.05 bits per heavy atom. The van der Waals surface area contributed by atoms with E-state index >= 15 is 0 Å². The minimum atomic E-state index is -0.252. The van der Waals surface area contributed by atoms with Crippen molar-refractivity contribution < 1.29 is 14.4 Å². The van der Waals surface area contributed by atoms with Crippen LogP contribution in [0.25, 0.3) is 0 Å². The number of nitrogens with one attached hydrogen (secondary N) is 2. The van der Waals surface area contributed by atoms with Crippen LogP contribution in [0.5, 0.6) is 0 Å². The van der Waals surface area contributed by atoms with Gasteiger partial charge in [0.2, 0.25) is 11.8 Å². The molecule has 0 saturated carbocycles. The van der Waals surface area contributed by atoms with Gasteiger partial charge < -0.3 is 10.1 Å². The highest BCUT2D eigenvalue weighted by Crippen LogP contribution is 2.30. The van der Waals surface area contributed by atoms with Gasteiger partial charge in [-0.2, -0.15) is 0 Å². The lowest BCUT2D eigenvalue weighted by Gasteiger charge is -2.29. The fraction of sp³-hybridized carbons (Fsp3) is 0.471. The fourth-order valence-corrected chi connectivity index (χ4v) is 3.39. The average Bonchev–Trinajstić information content (AvgIpc) is 2.55. The van der Waals surface area contributed by atoms with Crippen molar-refractivity contribution in [3.63, 3.8) is 0 Å². The second kappa shape index (κ2) is 6.40. The van der Waals surface area contributed by atoms with Crippen LogP contribution in [0.4, 0.5) is 0 Å². The van der Waals surface area contributed by atoms with Gasteiger partial charge in [-0.3, -0.25) is 14.9 Å². The molecule has 2 fully saturated rings. The van der Waals surface area contributed by atoms with Crippen molar-refractivity contribution in [1.29, 1.82) is 0 Å². The normalized spacial score (nSPS) is 29.0. The maximum atomic E-state index is 11.9. The summed E-state index contributed by atoms with van der Waals surface area (Å²) in [6, 6.07) is 7.91. The summed E-state index contributed by atoms with van der Waals surface area (Å²) in [7, 11) is 0.